The molecule has 0 bridgehead atoms. The van der Waals surface area contributed by atoms with Crippen LogP contribution in [-0.4, -0.2) is 19.3 Å². The number of nitrogens with one attached hydrogen (secondary N) is 1. The average molecular weight is 260 g/mol. The third kappa shape index (κ3) is 3.11. The van der Waals surface area contributed by atoms with Crippen LogP contribution in [0.1, 0.15) is 18.4 Å². The highest BCUT2D eigenvalue weighted by molar-refractivity contribution is 6.35. The molecule has 4 heteroatoms. The molecule has 1 N–H and O–H groups in total. The van der Waals surface area contributed by atoms with Gasteiger partial charge in [-0.2, -0.15) is 0 Å². The SMILES string of the molecule is Clc1cccc(Cl)c1CNC[C@H]1CCCO1. The van der Waals surface area contributed by atoms with Crippen molar-refractivity contribution in [3.63, 3.8) is 0 Å². The molecule has 0 unspecified atom stereocenters. The van der Waals surface area contributed by atoms with Crippen LogP contribution in [0.2, 0.25) is 10.0 Å². The molecular formula is C12H15Cl2NO. The Kier molecular flexibility index (Phi) is 4.47. The van der Waals surface area contributed by atoms with Crippen molar-refractivity contribution in [3.05, 3.63) is 33.8 Å². The Morgan fingerprint density at radius 2 is 2.06 bits per heavy atom. The molecule has 0 aliphatic carbocycles. The lowest BCUT2D eigenvalue weighted by molar-refractivity contribution is 0.110. The summed E-state index contributed by atoms with van der Waals surface area (Å²) >= 11 is 12.1. The number of benzene rings is 1. The number of ether oxygens (including phenoxy) is 1. The van der Waals surface area contributed by atoms with E-state index in [1.165, 1.54) is 6.42 Å². The van der Waals surface area contributed by atoms with Gasteiger partial charge in [0.15, 0.2) is 0 Å². The zero-order chi connectivity index (χ0) is 11.4. The third-order valence-electron chi connectivity index (χ3n) is 2.76. The highest BCUT2D eigenvalue weighted by atomic mass is 35.5. The van der Waals surface area contributed by atoms with Gasteiger partial charge >= 0.3 is 0 Å². The van der Waals surface area contributed by atoms with Gasteiger partial charge in [0.1, 0.15) is 0 Å². The summed E-state index contributed by atoms with van der Waals surface area (Å²) in [4.78, 5) is 0. The summed E-state index contributed by atoms with van der Waals surface area (Å²) in [5.41, 5.74) is 0.962. The van der Waals surface area contributed by atoms with Gasteiger partial charge in [-0.25, -0.2) is 0 Å². The largest absolute Gasteiger partial charge is 0.377 e. The molecule has 1 aromatic rings. The van der Waals surface area contributed by atoms with Crippen LogP contribution >= 0.6 is 23.2 Å². The van der Waals surface area contributed by atoms with Gasteiger partial charge in [0.25, 0.3) is 0 Å². The van der Waals surface area contributed by atoms with Crippen molar-refractivity contribution in [2.24, 2.45) is 0 Å². The van der Waals surface area contributed by atoms with E-state index in [-0.39, 0.29) is 0 Å². The standard InChI is InChI=1S/C12H15Cl2NO/c13-11-4-1-5-12(14)10(11)8-15-7-9-3-2-6-16-9/h1,4-5,9,15H,2-3,6-8H2/t9-/m1/s1. The maximum absolute atomic E-state index is 6.07. The second kappa shape index (κ2) is 5.87. The Hall–Kier alpha value is -0.280. The summed E-state index contributed by atoms with van der Waals surface area (Å²) in [6, 6.07) is 5.57. The molecule has 1 atom stereocenters. The van der Waals surface area contributed by atoms with E-state index in [1.54, 1.807) is 0 Å². The normalized spacial score (nSPS) is 20.2. The summed E-state index contributed by atoms with van der Waals surface area (Å²) in [7, 11) is 0. The molecule has 1 aliphatic heterocycles. The lowest BCUT2D eigenvalue weighted by Gasteiger charge is -2.12. The van der Waals surface area contributed by atoms with Crippen LogP contribution in [-0.2, 0) is 11.3 Å². The van der Waals surface area contributed by atoms with E-state index >= 15 is 0 Å². The van der Waals surface area contributed by atoms with Crippen LogP contribution in [0.5, 0.6) is 0 Å². The molecule has 0 saturated carbocycles. The van der Waals surface area contributed by atoms with Gasteiger partial charge in [-0.05, 0) is 25.0 Å². The molecule has 0 spiro atoms. The molecule has 1 saturated heterocycles. The summed E-state index contributed by atoms with van der Waals surface area (Å²) < 4.78 is 5.52. The summed E-state index contributed by atoms with van der Waals surface area (Å²) in [6.45, 7) is 2.44. The smallest absolute Gasteiger partial charge is 0.0700 e. The minimum absolute atomic E-state index is 0.348. The minimum atomic E-state index is 0.348. The van der Waals surface area contributed by atoms with Gasteiger partial charge in [0.2, 0.25) is 0 Å². The Labute approximate surface area is 106 Å². The molecule has 1 fully saturated rings. The first-order chi connectivity index (χ1) is 7.77. The quantitative estimate of drug-likeness (QED) is 0.897. The van der Waals surface area contributed by atoms with Crippen LogP contribution in [0.3, 0.4) is 0 Å². The average Bonchev–Trinajstić information content (AvgIpc) is 2.75. The predicted molar refractivity (Wildman–Crippen MR) is 67.1 cm³/mol. The third-order valence-corrected chi connectivity index (χ3v) is 3.47. The second-order valence-electron chi connectivity index (χ2n) is 3.97. The van der Waals surface area contributed by atoms with Gasteiger partial charge in [0.05, 0.1) is 6.10 Å². The van der Waals surface area contributed by atoms with Crippen LogP contribution in [0.4, 0.5) is 0 Å². The molecule has 88 valence electrons. The van der Waals surface area contributed by atoms with Gasteiger partial charge in [-0.3, -0.25) is 0 Å². The van der Waals surface area contributed by atoms with Crippen LogP contribution < -0.4 is 5.32 Å². The molecular weight excluding hydrogens is 245 g/mol. The Bertz CT molecular complexity index is 331. The minimum Gasteiger partial charge on any atom is -0.377 e. The molecule has 0 radical (unpaired) electrons. The summed E-state index contributed by atoms with van der Waals surface area (Å²) in [5.74, 6) is 0. The number of halogens is 2. The lowest BCUT2D eigenvalue weighted by Crippen LogP contribution is -2.26. The predicted octanol–water partition coefficient (Wildman–Crippen LogP) is 3.26. The molecule has 0 amide bonds. The fourth-order valence-corrected chi connectivity index (χ4v) is 2.40. The first-order valence-corrected chi connectivity index (χ1v) is 6.28. The molecule has 1 aliphatic rings. The van der Waals surface area contributed by atoms with E-state index in [4.69, 9.17) is 27.9 Å². The fraction of sp³-hybridized carbons (Fsp3) is 0.500. The molecule has 0 aromatic heterocycles. The zero-order valence-corrected chi connectivity index (χ0v) is 10.5. The lowest BCUT2D eigenvalue weighted by atomic mass is 10.2. The maximum atomic E-state index is 6.07. The van der Waals surface area contributed by atoms with E-state index < -0.39 is 0 Å². The monoisotopic (exact) mass is 259 g/mol. The molecule has 2 nitrogen and oxygen atoms in total. The van der Waals surface area contributed by atoms with Crippen molar-refractivity contribution in [1.29, 1.82) is 0 Å². The number of rotatable bonds is 4. The van der Waals surface area contributed by atoms with Crippen molar-refractivity contribution in [2.45, 2.75) is 25.5 Å². The van der Waals surface area contributed by atoms with Crippen molar-refractivity contribution >= 4 is 23.2 Å². The first-order valence-electron chi connectivity index (χ1n) is 5.52. The van der Waals surface area contributed by atoms with Gasteiger partial charge in [-0.15, -0.1) is 0 Å². The van der Waals surface area contributed by atoms with Crippen molar-refractivity contribution in [2.75, 3.05) is 13.2 Å². The number of hydrogen-bond acceptors (Lipinski definition) is 2. The Morgan fingerprint density at radius 1 is 1.31 bits per heavy atom. The highest BCUT2D eigenvalue weighted by Crippen LogP contribution is 2.23. The number of hydrogen-bond donors (Lipinski definition) is 1. The highest BCUT2D eigenvalue weighted by Gasteiger charge is 2.15. The van der Waals surface area contributed by atoms with Crippen LogP contribution in [0.15, 0.2) is 18.2 Å². The fourth-order valence-electron chi connectivity index (χ4n) is 1.86. The van der Waals surface area contributed by atoms with E-state index in [1.807, 2.05) is 18.2 Å². The zero-order valence-electron chi connectivity index (χ0n) is 9.01. The molecule has 2 rings (SSSR count). The van der Waals surface area contributed by atoms with E-state index in [2.05, 4.69) is 5.32 Å². The Balaban J connectivity index is 1.84. The van der Waals surface area contributed by atoms with Crippen LogP contribution in [0.25, 0.3) is 0 Å². The van der Waals surface area contributed by atoms with E-state index in [0.29, 0.717) is 22.7 Å². The molecule has 1 heterocycles. The summed E-state index contributed by atoms with van der Waals surface area (Å²) in [6.07, 6.45) is 2.66. The van der Waals surface area contributed by atoms with E-state index in [9.17, 15) is 0 Å². The van der Waals surface area contributed by atoms with E-state index in [0.717, 1.165) is 25.1 Å². The van der Waals surface area contributed by atoms with Gasteiger partial charge in [-0.1, -0.05) is 29.3 Å². The summed E-state index contributed by atoms with van der Waals surface area (Å²) in [5, 5.41) is 4.76. The van der Waals surface area contributed by atoms with Gasteiger partial charge < -0.3 is 10.1 Å². The molecule has 1 aromatic carbocycles. The van der Waals surface area contributed by atoms with Crippen molar-refractivity contribution in [1.82, 2.24) is 5.32 Å². The maximum Gasteiger partial charge on any atom is 0.0700 e. The van der Waals surface area contributed by atoms with Crippen molar-refractivity contribution in [3.8, 4) is 0 Å². The molecule has 16 heavy (non-hydrogen) atoms. The topological polar surface area (TPSA) is 21.3 Å². The second-order valence-corrected chi connectivity index (χ2v) is 4.78. The van der Waals surface area contributed by atoms with Crippen molar-refractivity contribution < 1.29 is 4.74 Å². The Morgan fingerprint density at radius 3 is 2.69 bits per heavy atom. The van der Waals surface area contributed by atoms with Gasteiger partial charge in [0, 0.05) is 35.3 Å². The first kappa shape index (κ1) is 12.2. The van der Waals surface area contributed by atoms with Crippen LogP contribution in [0, 0.1) is 0 Å².